The maximum atomic E-state index is 11.6. The first-order chi connectivity index (χ1) is 7.43. The molecule has 0 heterocycles. The van der Waals surface area contributed by atoms with Gasteiger partial charge in [0.15, 0.2) is 0 Å². The lowest BCUT2D eigenvalue weighted by molar-refractivity contribution is -0.156. The van der Waals surface area contributed by atoms with Gasteiger partial charge in [-0.25, -0.2) is 13.1 Å². The molecule has 1 N–H and O–H groups in total. The van der Waals surface area contributed by atoms with Gasteiger partial charge in [-0.05, 0) is 33.6 Å². The second-order valence-electron chi connectivity index (χ2n) is 5.55. The molecule has 0 saturated heterocycles. The summed E-state index contributed by atoms with van der Waals surface area (Å²) >= 11 is 0. The topological polar surface area (TPSA) is 72.5 Å². The zero-order chi connectivity index (χ0) is 13.9. The van der Waals surface area contributed by atoms with Gasteiger partial charge in [-0.3, -0.25) is 4.79 Å². The standard InChI is InChI=1S/C11H23NO4S/c1-8(2)7-17(14,15)12-9(3)10(13)16-11(4,5)6/h8-9,12H,7H2,1-6H3/t9-/m0/s1. The molecule has 0 bridgehead atoms. The van der Waals surface area contributed by atoms with Gasteiger partial charge in [-0.1, -0.05) is 13.8 Å². The molecule has 1 atom stereocenters. The Morgan fingerprint density at radius 2 is 1.71 bits per heavy atom. The Morgan fingerprint density at radius 3 is 2.06 bits per heavy atom. The van der Waals surface area contributed by atoms with Crippen LogP contribution in [0.1, 0.15) is 41.5 Å². The minimum Gasteiger partial charge on any atom is -0.459 e. The largest absolute Gasteiger partial charge is 0.459 e. The summed E-state index contributed by atoms with van der Waals surface area (Å²) in [5.74, 6) is -0.552. The van der Waals surface area contributed by atoms with E-state index in [0.29, 0.717) is 0 Å². The molecule has 0 aliphatic rings. The van der Waals surface area contributed by atoms with E-state index < -0.39 is 27.6 Å². The molecule has 0 unspecified atom stereocenters. The molecule has 5 nitrogen and oxygen atoms in total. The number of rotatable bonds is 5. The van der Waals surface area contributed by atoms with Crippen LogP contribution in [0.25, 0.3) is 0 Å². The van der Waals surface area contributed by atoms with E-state index in [4.69, 9.17) is 4.74 Å². The minimum absolute atomic E-state index is 0.000137. The molecule has 17 heavy (non-hydrogen) atoms. The fourth-order valence-corrected chi connectivity index (χ4v) is 2.80. The minimum atomic E-state index is -3.43. The zero-order valence-electron chi connectivity index (χ0n) is 11.4. The first kappa shape index (κ1) is 16.4. The van der Waals surface area contributed by atoms with Crippen molar-refractivity contribution in [1.82, 2.24) is 4.72 Å². The molecule has 6 heteroatoms. The fraction of sp³-hybridized carbons (Fsp3) is 0.909. The van der Waals surface area contributed by atoms with Crippen LogP contribution < -0.4 is 4.72 Å². The van der Waals surface area contributed by atoms with Crippen molar-refractivity contribution in [2.24, 2.45) is 5.92 Å². The first-order valence-corrected chi connectivity index (χ1v) is 7.31. The maximum absolute atomic E-state index is 11.6. The predicted octanol–water partition coefficient (Wildman–Crippen LogP) is 1.29. The molecule has 0 radical (unpaired) electrons. The van der Waals surface area contributed by atoms with Gasteiger partial charge in [-0.2, -0.15) is 0 Å². The van der Waals surface area contributed by atoms with Crippen molar-refractivity contribution in [2.75, 3.05) is 5.75 Å². The van der Waals surface area contributed by atoms with Crippen molar-refractivity contribution in [2.45, 2.75) is 53.2 Å². The Hall–Kier alpha value is -0.620. The number of carbonyl (C=O) groups excluding carboxylic acids is 1. The van der Waals surface area contributed by atoms with E-state index in [9.17, 15) is 13.2 Å². The highest BCUT2D eigenvalue weighted by Gasteiger charge is 2.25. The molecule has 102 valence electrons. The summed E-state index contributed by atoms with van der Waals surface area (Å²) in [4.78, 5) is 11.6. The zero-order valence-corrected chi connectivity index (χ0v) is 12.2. The van der Waals surface area contributed by atoms with Crippen LogP contribution in [-0.4, -0.2) is 31.8 Å². The van der Waals surface area contributed by atoms with E-state index in [0.717, 1.165) is 0 Å². The smallest absolute Gasteiger partial charge is 0.324 e. The Morgan fingerprint density at radius 1 is 1.24 bits per heavy atom. The lowest BCUT2D eigenvalue weighted by Gasteiger charge is -2.22. The highest BCUT2D eigenvalue weighted by molar-refractivity contribution is 7.89. The third-order valence-corrected chi connectivity index (χ3v) is 3.49. The number of esters is 1. The van der Waals surface area contributed by atoms with Crippen LogP contribution in [0.15, 0.2) is 0 Å². The van der Waals surface area contributed by atoms with Crippen LogP contribution in [0.4, 0.5) is 0 Å². The number of hydrogen-bond donors (Lipinski definition) is 1. The SMILES string of the molecule is CC(C)CS(=O)(=O)N[C@@H](C)C(=O)OC(C)(C)C. The maximum Gasteiger partial charge on any atom is 0.324 e. The van der Waals surface area contributed by atoms with E-state index in [1.165, 1.54) is 6.92 Å². The summed E-state index contributed by atoms with van der Waals surface area (Å²) in [6.07, 6.45) is 0. The Balaban J connectivity index is 4.45. The van der Waals surface area contributed by atoms with E-state index in [1.54, 1.807) is 34.6 Å². The summed E-state index contributed by atoms with van der Waals surface area (Å²) < 4.78 is 30.6. The highest BCUT2D eigenvalue weighted by Crippen LogP contribution is 2.09. The molecule has 0 aromatic carbocycles. The normalized spacial score (nSPS) is 14.8. The molecule has 0 saturated carbocycles. The van der Waals surface area contributed by atoms with Gasteiger partial charge in [-0.15, -0.1) is 0 Å². The lowest BCUT2D eigenvalue weighted by atomic mass is 10.2. The lowest BCUT2D eigenvalue weighted by Crippen LogP contribution is -2.43. The number of sulfonamides is 1. The quantitative estimate of drug-likeness (QED) is 0.760. The van der Waals surface area contributed by atoms with Gasteiger partial charge >= 0.3 is 5.97 Å². The summed E-state index contributed by atoms with van der Waals surface area (Å²) in [6.45, 7) is 10.3. The van der Waals surface area contributed by atoms with Crippen LogP contribution >= 0.6 is 0 Å². The van der Waals surface area contributed by atoms with Crippen molar-refractivity contribution >= 4 is 16.0 Å². The van der Waals surface area contributed by atoms with Crippen LogP contribution in [0, 0.1) is 5.92 Å². The molecule has 0 rings (SSSR count). The summed E-state index contributed by atoms with van der Waals surface area (Å²) in [5.41, 5.74) is -0.616. The van der Waals surface area contributed by atoms with Gasteiger partial charge in [0.25, 0.3) is 0 Å². The number of ether oxygens (including phenoxy) is 1. The third kappa shape index (κ3) is 8.15. The second-order valence-corrected chi connectivity index (χ2v) is 7.35. The Bertz CT molecular complexity index is 354. The van der Waals surface area contributed by atoms with E-state index in [1.807, 2.05) is 0 Å². The van der Waals surface area contributed by atoms with Gasteiger partial charge in [0.05, 0.1) is 5.75 Å². The van der Waals surface area contributed by atoms with Gasteiger partial charge in [0.1, 0.15) is 11.6 Å². The molecule has 0 aromatic heterocycles. The average Bonchev–Trinajstić information content (AvgIpc) is 1.96. The predicted molar refractivity (Wildman–Crippen MR) is 67.1 cm³/mol. The Kier molecular flexibility index (Phi) is 5.61. The fourth-order valence-electron chi connectivity index (χ4n) is 1.19. The van der Waals surface area contributed by atoms with E-state index in [2.05, 4.69) is 4.72 Å². The number of nitrogens with one attached hydrogen (secondary N) is 1. The summed E-state index contributed by atoms with van der Waals surface area (Å²) in [6, 6.07) is -0.863. The first-order valence-electron chi connectivity index (χ1n) is 5.66. The molecule has 0 aliphatic heterocycles. The Labute approximate surface area is 104 Å². The third-order valence-electron chi connectivity index (χ3n) is 1.67. The average molecular weight is 265 g/mol. The van der Waals surface area contributed by atoms with E-state index >= 15 is 0 Å². The van der Waals surface area contributed by atoms with Gasteiger partial charge < -0.3 is 4.74 Å². The second kappa shape index (κ2) is 5.82. The van der Waals surface area contributed by atoms with Crippen LogP contribution in [0.5, 0.6) is 0 Å². The van der Waals surface area contributed by atoms with E-state index in [-0.39, 0.29) is 11.7 Å². The van der Waals surface area contributed by atoms with Crippen LogP contribution in [0.2, 0.25) is 0 Å². The summed E-state index contributed by atoms with van der Waals surface area (Å²) in [5, 5.41) is 0. The molecule has 0 fully saturated rings. The highest BCUT2D eigenvalue weighted by atomic mass is 32.2. The number of hydrogen-bond acceptors (Lipinski definition) is 4. The van der Waals surface area contributed by atoms with Crippen LogP contribution in [-0.2, 0) is 19.6 Å². The molecular formula is C11H23NO4S. The summed E-state index contributed by atoms with van der Waals surface area (Å²) in [7, 11) is -3.43. The van der Waals surface area contributed by atoms with Gasteiger partial charge in [0.2, 0.25) is 10.0 Å². The van der Waals surface area contributed by atoms with Crippen molar-refractivity contribution in [3.8, 4) is 0 Å². The van der Waals surface area contributed by atoms with Crippen molar-refractivity contribution in [3.63, 3.8) is 0 Å². The molecular weight excluding hydrogens is 242 g/mol. The van der Waals surface area contributed by atoms with Crippen molar-refractivity contribution in [1.29, 1.82) is 0 Å². The number of carbonyl (C=O) groups is 1. The molecule has 0 amide bonds. The molecule has 0 aliphatic carbocycles. The van der Waals surface area contributed by atoms with Gasteiger partial charge in [0, 0.05) is 0 Å². The monoisotopic (exact) mass is 265 g/mol. The molecule has 0 spiro atoms. The van der Waals surface area contributed by atoms with Crippen LogP contribution in [0.3, 0.4) is 0 Å². The molecule has 0 aromatic rings. The van der Waals surface area contributed by atoms with Crippen molar-refractivity contribution < 1.29 is 17.9 Å². The van der Waals surface area contributed by atoms with Crippen molar-refractivity contribution in [3.05, 3.63) is 0 Å².